The van der Waals surface area contributed by atoms with Crippen LogP contribution < -0.4 is 11.3 Å². The van der Waals surface area contributed by atoms with E-state index in [1.54, 1.807) is 6.07 Å². The maximum Gasteiger partial charge on any atom is 0.265 e. The summed E-state index contributed by atoms with van der Waals surface area (Å²) in [6.07, 6.45) is 3.32. The quantitative estimate of drug-likeness (QED) is 0.423. The first kappa shape index (κ1) is 14.0. The molecule has 19 heavy (non-hydrogen) atoms. The zero-order valence-corrected chi connectivity index (χ0v) is 11.0. The lowest BCUT2D eigenvalue weighted by Gasteiger charge is -2.34. The minimum atomic E-state index is -0.270. The summed E-state index contributed by atoms with van der Waals surface area (Å²) in [6, 6.07) is 7.65. The van der Waals surface area contributed by atoms with E-state index in [1.807, 2.05) is 18.2 Å². The molecule has 5 nitrogen and oxygen atoms in total. The van der Waals surface area contributed by atoms with Gasteiger partial charge in [-0.1, -0.05) is 24.6 Å². The second kappa shape index (κ2) is 6.65. The number of nitrogens with zero attached hydrogens (tertiary/aromatic N) is 1. The van der Waals surface area contributed by atoms with Crippen molar-refractivity contribution in [2.24, 2.45) is 5.84 Å². The third kappa shape index (κ3) is 3.32. The van der Waals surface area contributed by atoms with Gasteiger partial charge in [0.15, 0.2) is 0 Å². The van der Waals surface area contributed by atoms with E-state index in [9.17, 15) is 9.90 Å². The molecule has 1 heterocycles. The highest BCUT2D eigenvalue weighted by atomic mass is 16.3. The van der Waals surface area contributed by atoms with Gasteiger partial charge in [0.1, 0.15) is 0 Å². The number of carbonyl (C=O) groups excluding carboxylic acids is 1. The highest BCUT2D eigenvalue weighted by Crippen LogP contribution is 2.20. The van der Waals surface area contributed by atoms with Crippen molar-refractivity contribution in [2.75, 3.05) is 13.2 Å². The van der Waals surface area contributed by atoms with Crippen molar-refractivity contribution in [3.63, 3.8) is 0 Å². The Morgan fingerprint density at radius 1 is 1.42 bits per heavy atom. The zero-order chi connectivity index (χ0) is 13.7. The predicted octanol–water partition coefficient (Wildman–Crippen LogP) is 0.637. The molecule has 0 aliphatic carbocycles. The van der Waals surface area contributed by atoms with Crippen LogP contribution in [0.2, 0.25) is 0 Å². The fourth-order valence-corrected chi connectivity index (χ4v) is 2.65. The van der Waals surface area contributed by atoms with Gasteiger partial charge in [0.05, 0.1) is 6.61 Å². The Balaban J connectivity index is 2.15. The van der Waals surface area contributed by atoms with Crippen molar-refractivity contribution in [1.29, 1.82) is 0 Å². The summed E-state index contributed by atoms with van der Waals surface area (Å²) in [5, 5.41) is 9.42. The average molecular weight is 263 g/mol. The monoisotopic (exact) mass is 263 g/mol. The highest BCUT2D eigenvalue weighted by molar-refractivity contribution is 5.95. The summed E-state index contributed by atoms with van der Waals surface area (Å²) in [4.78, 5) is 14.0. The number of hydrogen-bond acceptors (Lipinski definition) is 4. The van der Waals surface area contributed by atoms with Gasteiger partial charge in [-0.25, -0.2) is 5.84 Å². The average Bonchev–Trinajstić information content (AvgIpc) is 2.47. The Morgan fingerprint density at radius 2 is 2.21 bits per heavy atom. The first-order valence-electron chi connectivity index (χ1n) is 6.70. The lowest BCUT2D eigenvalue weighted by Crippen LogP contribution is -2.41. The molecular formula is C14H21N3O2. The molecule has 0 bridgehead atoms. The Hall–Kier alpha value is -1.43. The predicted molar refractivity (Wildman–Crippen MR) is 73.2 cm³/mol. The summed E-state index contributed by atoms with van der Waals surface area (Å²) in [5.41, 5.74) is 3.73. The number of aliphatic hydroxyl groups is 1. The molecule has 1 aromatic carbocycles. The Kier molecular flexibility index (Phi) is 4.90. The van der Waals surface area contributed by atoms with Gasteiger partial charge in [-0.15, -0.1) is 0 Å². The Morgan fingerprint density at radius 3 is 2.95 bits per heavy atom. The number of hydrazine groups is 1. The van der Waals surface area contributed by atoms with Crippen LogP contribution in [-0.2, 0) is 6.54 Å². The number of hydrogen-bond donors (Lipinski definition) is 3. The molecule has 0 spiro atoms. The molecule has 2 rings (SSSR count). The molecule has 1 aromatic rings. The normalized spacial score (nSPS) is 20.2. The number of nitrogens with two attached hydrogens (primary N) is 1. The van der Waals surface area contributed by atoms with E-state index < -0.39 is 0 Å². The van der Waals surface area contributed by atoms with Crippen molar-refractivity contribution in [2.45, 2.75) is 31.8 Å². The molecule has 0 radical (unpaired) electrons. The minimum Gasteiger partial charge on any atom is -0.395 e. The lowest BCUT2D eigenvalue weighted by atomic mass is 10.00. The first-order valence-corrected chi connectivity index (χ1v) is 6.70. The van der Waals surface area contributed by atoms with Gasteiger partial charge in [0.25, 0.3) is 5.91 Å². The number of benzene rings is 1. The number of carbonyl (C=O) groups is 1. The van der Waals surface area contributed by atoms with Crippen LogP contribution in [0.1, 0.15) is 35.2 Å². The van der Waals surface area contributed by atoms with Crippen LogP contribution in [0.4, 0.5) is 0 Å². The fraction of sp³-hybridized carbons (Fsp3) is 0.500. The molecule has 0 saturated carbocycles. The smallest absolute Gasteiger partial charge is 0.265 e. The SMILES string of the molecule is NNC(=O)c1ccccc1CN1CCCCC1CO. The van der Waals surface area contributed by atoms with Crippen LogP contribution >= 0.6 is 0 Å². The van der Waals surface area contributed by atoms with E-state index in [0.29, 0.717) is 12.1 Å². The summed E-state index contributed by atoms with van der Waals surface area (Å²) in [7, 11) is 0. The molecule has 5 heteroatoms. The van der Waals surface area contributed by atoms with Gasteiger partial charge in [-0.2, -0.15) is 0 Å². The third-order valence-corrected chi connectivity index (χ3v) is 3.73. The van der Waals surface area contributed by atoms with Gasteiger partial charge in [-0.05, 0) is 31.0 Å². The highest BCUT2D eigenvalue weighted by Gasteiger charge is 2.23. The summed E-state index contributed by atoms with van der Waals surface area (Å²) in [5.74, 6) is 4.94. The number of nitrogens with one attached hydrogen (secondary N) is 1. The molecule has 1 fully saturated rings. The lowest BCUT2D eigenvalue weighted by molar-refractivity contribution is 0.0830. The molecule has 1 saturated heterocycles. The molecule has 0 aromatic heterocycles. The minimum absolute atomic E-state index is 0.172. The van der Waals surface area contributed by atoms with Crippen molar-refractivity contribution >= 4 is 5.91 Å². The fourth-order valence-electron chi connectivity index (χ4n) is 2.65. The number of aliphatic hydroxyl groups excluding tert-OH is 1. The van der Waals surface area contributed by atoms with Gasteiger partial charge in [-0.3, -0.25) is 15.1 Å². The van der Waals surface area contributed by atoms with Gasteiger partial charge >= 0.3 is 0 Å². The van der Waals surface area contributed by atoms with Crippen LogP contribution in [0.5, 0.6) is 0 Å². The number of nitrogen functional groups attached to an aromatic ring is 1. The Labute approximate surface area is 113 Å². The molecule has 1 atom stereocenters. The van der Waals surface area contributed by atoms with E-state index in [-0.39, 0.29) is 18.6 Å². The maximum absolute atomic E-state index is 11.7. The van der Waals surface area contributed by atoms with Gasteiger partial charge < -0.3 is 5.11 Å². The first-order chi connectivity index (χ1) is 9.26. The molecule has 1 aliphatic heterocycles. The Bertz CT molecular complexity index is 436. The van der Waals surface area contributed by atoms with E-state index in [1.165, 1.54) is 0 Å². The van der Waals surface area contributed by atoms with E-state index in [2.05, 4.69) is 10.3 Å². The van der Waals surface area contributed by atoms with Gasteiger partial charge in [0, 0.05) is 18.2 Å². The summed E-state index contributed by atoms with van der Waals surface area (Å²) >= 11 is 0. The van der Waals surface area contributed by atoms with Crippen molar-refractivity contribution < 1.29 is 9.90 Å². The van der Waals surface area contributed by atoms with Crippen LogP contribution in [0.3, 0.4) is 0 Å². The third-order valence-electron chi connectivity index (χ3n) is 3.73. The van der Waals surface area contributed by atoms with E-state index in [0.717, 1.165) is 31.4 Å². The van der Waals surface area contributed by atoms with Gasteiger partial charge in [0.2, 0.25) is 0 Å². The number of amides is 1. The number of likely N-dealkylation sites (tertiary alicyclic amines) is 1. The summed E-state index contributed by atoms with van der Waals surface area (Å²) in [6.45, 7) is 1.81. The molecule has 1 aliphatic rings. The molecule has 1 amide bonds. The maximum atomic E-state index is 11.7. The van der Waals surface area contributed by atoms with Crippen LogP contribution in [-0.4, -0.2) is 35.1 Å². The van der Waals surface area contributed by atoms with Crippen molar-refractivity contribution in [3.05, 3.63) is 35.4 Å². The number of piperidine rings is 1. The molecule has 1 unspecified atom stereocenters. The molecular weight excluding hydrogens is 242 g/mol. The second-order valence-electron chi connectivity index (χ2n) is 4.93. The van der Waals surface area contributed by atoms with Crippen LogP contribution in [0, 0.1) is 0 Å². The topological polar surface area (TPSA) is 78.6 Å². The van der Waals surface area contributed by atoms with Crippen LogP contribution in [0.25, 0.3) is 0 Å². The molecule has 4 N–H and O–H groups in total. The second-order valence-corrected chi connectivity index (χ2v) is 4.93. The zero-order valence-electron chi connectivity index (χ0n) is 11.0. The molecule has 104 valence electrons. The summed E-state index contributed by atoms with van der Waals surface area (Å²) < 4.78 is 0. The standard InChI is InChI=1S/C14H21N3O2/c15-16-14(19)13-7-2-1-5-11(13)9-17-8-4-3-6-12(17)10-18/h1-2,5,7,12,18H,3-4,6,8-10,15H2,(H,16,19). The van der Waals surface area contributed by atoms with E-state index in [4.69, 9.17) is 5.84 Å². The largest absolute Gasteiger partial charge is 0.395 e. The van der Waals surface area contributed by atoms with Crippen molar-refractivity contribution in [1.82, 2.24) is 10.3 Å². The van der Waals surface area contributed by atoms with E-state index >= 15 is 0 Å². The van der Waals surface area contributed by atoms with Crippen molar-refractivity contribution in [3.8, 4) is 0 Å². The number of rotatable bonds is 4. The van der Waals surface area contributed by atoms with Crippen LogP contribution in [0.15, 0.2) is 24.3 Å².